The number of hydrogen-bond acceptors (Lipinski definition) is 3. The van der Waals surface area contributed by atoms with E-state index in [0.717, 1.165) is 25.5 Å². The predicted octanol–water partition coefficient (Wildman–Crippen LogP) is 2.17. The molecule has 1 N–H and O–H groups in total. The highest BCUT2D eigenvalue weighted by Gasteiger charge is 2.21. The largest absolute Gasteiger partial charge is 0.508 e. The lowest BCUT2D eigenvalue weighted by Crippen LogP contribution is -2.35. The minimum Gasteiger partial charge on any atom is -0.508 e. The van der Waals surface area contributed by atoms with Crippen LogP contribution in [0.4, 0.5) is 0 Å². The molecule has 1 aromatic carbocycles. The highest BCUT2D eigenvalue weighted by molar-refractivity contribution is 5.27. The first-order valence-corrected chi connectivity index (χ1v) is 6.27. The molecule has 2 aromatic rings. The van der Waals surface area contributed by atoms with Crippen LogP contribution in [0.3, 0.4) is 0 Å². The van der Waals surface area contributed by atoms with E-state index in [2.05, 4.69) is 21.4 Å². The molecular formula is C14H17N3O. The fourth-order valence-electron chi connectivity index (χ4n) is 2.49. The van der Waals surface area contributed by atoms with E-state index in [9.17, 15) is 5.11 Å². The Hall–Kier alpha value is -1.81. The molecule has 1 aromatic heterocycles. The number of benzene rings is 1. The maximum Gasteiger partial charge on any atom is 0.122 e. The molecule has 0 radical (unpaired) electrons. The number of phenolic OH excluding ortho intramolecular Hbond substituents is 1. The van der Waals surface area contributed by atoms with Crippen LogP contribution in [0.2, 0.25) is 0 Å². The average molecular weight is 243 g/mol. The van der Waals surface area contributed by atoms with Gasteiger partial charge in [0.15, 0.2) is 0 Å². The molecular weight excluding hydrogens is 226 g/mol. The van der Waals surface area contributed by atoms with Gasteiger partial charge in [-0.05, 0) is 24.6 Å². The van der Waals surface area contributed by atoms with Gasteiger partial charge in [-0.15, -0.1) is 0 Å². The van der Waals surface area contributed by atoms with E-state index in [4.69, 9.17) is 0 Å². The van der Waals surface area contributed by atoms with Crippen molar-refractivity contribution in [3.8, 4) is 5.75 Å². The van der Waals surface area contributed by atoms with Crippen LogP contribution in [-0.4, -0.2) is 26.1 Å². The van der Waals surface area contributed by atoms with Crippen LogP contribution in [-0.2, 0) is 13.1 Å². The van der Waals surface area contributed by atoms with Gasteiger partial charge in [0.1, 0.15) is 11.6 Å². The normalized spacial score (nSPS) is 17.4. The van der Waals surface area contributed by atoms with Crippen molar-refractivity contribution in [2.75, 3.05) is 6.54 Å². The van der Waals surface area contributed by atoms with Gasteiger partial charge in [-0.1, -0.05) is 12.1 Å². The Bertz CT molecular complexity index is 532. The molecule has 0 saturated heterocycles. The summed E-state index contributed by atoms with van der Waals surface area (Å²) >= 11 is 0. The molecule has 2 heterocycles. The Morgan fingerprint density at radius 1 is 1.22 bits per heavy atom. The summed E-state index contributed by atoms with van der Waals surface area (Å²) in [5, 5.41) is 9.32. The first-order valence-electron chi connectivity index (χ1n) is 6.27. The lowest BCUT2D eigenvalue weighted by atomic mass is 10.1. The van der Waals surface area contributed by atoms with Gasteiger partial charge in [0.2, 0.25) is 0 Å². The molecule has 0 spiro atoms. The number of phenols is 1. The molecule has 0 aliphatic carbocycles. The Morgan fingerprint density at radius 2 is 2.00 bits per heavy atom. The van der Waals surface area contributed by atoms with Crippen LogP contribution in [0.1, 0.15) is 24.4 Å². The quantitative estimate of drug-likeness (QED) is 0.878. The van der Waals surface area contributed by atoms with Crippen LogP contribution < -0.4 is 0 Å². The van der Waals surface area contributed by atoms with Gasteiger partial charge in [-0.3, -0.25) is 4.90 Å². The third-order valence-corrected chi connectivity index (χ3v) is 3.70. The number of fused-ring (bicyclic) bond motifs is 1. The van der Waals surface area contributed by atoms with Crippen LogP contribution in [0.15, 0.2) is 36.7 Å². The first kappa shape index (κ1) is 11.3. The second kappa shape index (κ2) is 4.46. The highest BCUT2D eigenvalue weighted by atomic mass is 16.3. The zero-order valence-corrected chi connectivity index (χ0v) is 10.5. The number of rotatable bonds is 2. The zero-order valence-electron chi connectivity index (χ0n) is 10.5. The van der Waals surface area contributed by atoms with Crippen molar-refractivity contribution in [1.82, 2.24) is 14.5 Å². The maximum atomic E-state index is 9.32. The van der Waals surface area contributed by atoms with Crippen LogP contribution >= 0.6 is 0 Å². The molecule has 0 bridgehead atoms. The smallest absolute Gasteiger partial charge is 0.122 e. The van der Waals surface area contributed by atoms with E-state index >= 15 is 0 Å². The van der Waals surface area contributed by atoms with Crippen LogP contribution in [0.25, 0.3) is 0 Å². The zero-order chi connectivity index (χ0) is 12.5. The number of nitrogens with zero attached hydrogens (tertiary/aromatic N) is 3. The first-order chi connectivity index (χ1) is 8.74. The second-order valence-corrected chi connectivity index (χ2v) is 4.77. The minimum absolute atomic E-state index is 0.320. The number of aromatic nitrogens is 2. The summed E-state index contributed by atoms with van der Waals surface area (Å²) in [4.78, 5) is 6.79. The van der Waals surface area contributed by atoms with Gasteiger partial charge in [-0.25, -0.2) is 4.98 Å². The molecule has 1 aliphatic heterocycles. The number of aromatic hydroxyl groups is 1. The molecule has 1 unspecified atom stereocenters. The topological polar surface area (TPSA) is 41.3 Å². The summed E-state index contributed by atoms with van der Waals surface area (Å²) in [5.41, 5.74) is 1.23. The molecule has 0 fully saturated rings. The van der Waals surface area contributed by atoms with Crippen molar-refractivity contribution in [2.24, 2.45) is 0 Å². The van der Waals surface area contributed by atoms with Crippen molar-refractivity contribution in [3.05, 3.63) is 48.0 Å². The van der Waals surface area contributed by atoms with Gasteiger partial charge in [-0.2, -0.15) is 0 Å². The van der Waals surface area contributed by atoms with Crippen molar-refractivity contribution in [1.29, 1.82) is 0 Å². The molecule has 3 rings (SSSR count). The van der Waals surface area contributed by atoms with Crippen molar-refractivity contribution < 1.29 is 5.11 Å². The Balaban J connectivity index is 1.78. The van der Waals surface area contributed by atoms with Crippen molar-refractivity contribution in [2.45, 2.75) is 26.1 Å². The Kier molecular flexibility index (Phi) is 2.80. The van der Waals surface area contributed by atoms with E-state index in [1.807, 2.05) is 24.5 Å². The summed E-state index contributed by atoms with van der Waals surface area (Å²) in [5.74, 6) is 1.45. The fraction of sp³-hybridized carbons (Fsp3) is 0.357. The van der Waals surface area contributed by atoms with Gasteiger partial charge >= 0.3 is 0 Å². The molecule has 1 atom stereocenters. The second-order valence-electron chi connectivity index (χ2n) is 4.77. The summed E-state index contributed by atoms with van der Waals surface area (Å²) < 4.78 is 2.21. The van der Waals surface area contributed by atoms with Crippen molar-refractivity contribution in [3.63, 3.8) is 0 Å². The molecule has 1 aliphatic rings. The van der Waals surface area contributed by atoms with E-state index in [1.165, 1.54) is 5.56 Å². The molecule has 0 saturated carbocycles. The van der Waals surface area contributed by atoms with E-state index < -0.39 is 0 Å². The van der Waals surface area contributed by atoms with Gasteiger partial charge in [0.25, 0.3) is 0 Å². The molecule has 18 heavy (non-hydrogen) atoms. The fourth-order valence-corrected chi connectivity index (χ4v) is 2.49. The van der Waals surface area contributed by atoms with Gasteiger partial charge in [0.05, 0.1) is 6.54 Å². The van der Waals surface area contributed by atoms with Crippen molar-refractivity contribution >= 4 is 0 Å². The summed E-state index contributed by atoms with van der Waals surface area (Å²) in [6, 6.07) is 7.81. The van der Waals surface area contributed by atoms with Crippen LogP contribution in [0, 0.1) is 0 Å². The third kappa shape index (κ3) is 1.99. The minimum atomic E-state index is 0.320. The summed E-state index contributed by atoms with van der Waals surface area (Å²) in [7, 11) is 0. The Morgan fingerprint density at radius 3 is 2.78 bits per heavy atom. The number of hydrogen-bond donors (Lipinski definition) is 1. The third-order valence-electron chi connectivity index (χ3n) is 3.70. The monoisotopic (exact) mass is 243 g/mol. The van der Waals surface area contributed by atoms with Crippen LogP contribution in [0.5, 0.6) is 5.75 Å². The summed E-state index contributed by atoms with van der Waals surface area (Å²) in [6.45, 7) is 5.11. The van der Waals surface area contributed by atoms with E-state index in [-0.39, 0.29) is 0 Å². The van der Waals surface area contributed by atoms with Gasteiger partial charge < -0.3 is 9.67 Å². The lowest BCUT2D eigenvalue weighted by Gasteiger charge is -2.33. The standard InChI is InChI=1S/C14H17N3O/c1-11(12-2-4-13(18)5-3-12)17-9-8-16-7-6-15-14(16)10-17/h2-7,11,18H,8-10H2,1H3. The Labute approximate surface area is 107 Å². The lowest BCUT2D eigenvalue weighted by molar-refractivity contribution is 0.163. The SMILES string of the molecule is CC(c1ccc(O)cc1)N1CCn2ccnc2C1. The highest BCUT2D eigenvalue weighted by Crippen LogP contribution is 2.25. The molecule has 94 valence electrons. The summed E-state index contributed by atoms with van der Waals surface area (Å²) in [6.07, 6.45) is 3.90. The molecule has 4 heteroatoms. The van der Waals surface area contributed by atoms with E-state index in [0.29, 0.717) is 11.8 Å². The maximum absolute atomic E-state index is 9.32. The van der Waals surface area contributed by atoms with Gasteiger partial charge in [0, 0.05) is 31.5 Å². The number of imidazole rings is 1. The molecule has 4 nitrogen and oxygen atoms in total. The predicted molar refractivity (Wildman–Crippen MR) is 69.2 cm³/mol. The molecule has 0 amide bonds. The average Bonchev–Trinajstić information content (AvgIpc) is 2.86. The van der Waals surface area contributed by atoms with E-state index in [1.54, 1.807) is 12.1 Å².